The molecule has 1 aromatic rings. The third-order valence-electron chi connectivity index (χ3n) is 6.67. The van der Waals surface area contributed by atoms with E-state index in [0.29, 0.717) is 5.92 Å². The highest BCUT2D eigenvalue weighted by Crippen LogP contribution is 2.46. The predicted molar refractivity (Wildman–Crippen MR) is 134 cm³/mol. The Morgan fingerprint density at radius 2 is 1.81 bits per heavy atom. The number of dihydropyridines is 1. The zero-order chi connectivity index (χ0) is 22.1. The maximum Gasteiger partial charge on any atom is 0.123 e. The second kappa shape index (κ2) is 12.3. The summed E-state index contributed by atoms with van der Waals surface area (Å²) in [4.78, 5) is 2.67. The molecule has 2 aliphatic rings. The summed E-state index contributed by atoms with van der Waals surface area (Å²) in [5, 5.41) is 3.66. The molecule has 0 atom stereocenters. The molecule has 1 aromatic carbocycles. The molecule has 1 fully saturated rings. The summed E-state index contributed by atoms with van der Waals surface area (Å²) in [6.07, 6.45) is 16.2. The van der Waals surface area contributed by atoms with Crippen molar-refractivity contribution in [2.75, 3.05) is 33.3 Å². The molecule has 0 saturated heterocycles. The quantitative estimate of drug-likeness (QED) is 0.331. The van der Waals surface area contributed by atoms with Gasteiger partial charge in [0.25, 0.3) is 0 Å². The van der Waals surface area contributed by atoms with Crippen molar-refractivity contribution >= 4 is 5.70 Å². The second-order valence-electron chi connectivity index (χ2n) is 9.37. The molecule has 3 rings (SSSR count). The molecule has 1 N–H and O–H groups in total. The minimum absolute atomic E-state index is 0.707. The summed E-state index contributed by atoms with van der Waals surface area (Å²) in [6.45, 7) is 11.4. The maximum atomic E-state index is 5.81. The van der Waals surface area contributed by atoms with Crippen molar-refractivity contribution in [2.45, 2.75) is 84.5 Å². The van der Waals surface area contributed by atoms with Crippen LogP contribution in [0.4, 0.5) is 0 Å². The van der Waals surface area contributed by atoms with Crippen LogP contribution in [0.1, 0.15) is 94.2 Å². The van der Waals surface area contributed by atoms with E-state index in [2.05, 4.69) is 55.3 Å². The fourth-order valence-electron chi connectivity index (χ4n) is 4.94. The fraction of sp³-hybridized carbons (Fsp3) is 0.643. The van der Waals surface area contributed by atoms with Crippen LogP contribution < -0.4 is 10.1 Å². The van der Waals surface area contributed by atoms with E-state index in [1.54, 1.807) is 0 Å². The van der Waals surface area contributed by atoms with Gasteiger partial charge in [0.1, 0.15) is 5.75 Å². The number of nitrogens with zero attached hydrogens (tertiary/aromatic N) is 1. The lowest BCUT2D eigenvalue weighted by atomic mass is 9.94. The molecule has 1 saturated carbocycles. The molecule has 3 heteroatoms. The highest BCUT2D eigenvalue weighted by Gasteiger charge is 2.29. The molecule has 0 radical (unpaired) electrons. The smallest absolute Gasteiger partial charge is 0.123 e. The lowest BCUT2D eigenvalue weighted by Crippen LogP contribution is -2.27. The summed E-state index contributed by atoms with van der Waals surface area (Å²) >= 11 is 0. The molecule has 1 aliphatic carbocycles. The van der Waals surface area contributed by atoms with Crippen molar-refractivity contribution in [3.63, 3.8) is 0 Å². The second-order valence-corrected chi connectivity index (χ2v) is 9.37. The van der Waals surface area contributed by atoms with Crippen LogP contribution in [0, 0.1) is 6.92 Å². The molecule has 1 heterocycles. The van der Waals surface area contributed by atoms with Gasteiger partial charge in [-0.1, -0.05) is 45.3 Å². The molecule has 0 aromatic heterocycles. The van der Waals surface area contributed by atoms with Crippen molar-refractivity contribution in [1.82, 2.24) is 10.2 Å². The SMILES string of the molecule is CCCCCCN(CCC)CCCC1=C(c2cc(C)c(C3CC3)c(OC)c2)NCC=C1. The lowest BCUT2D eigenvalue weighted by molar-refractivity contribution is 0.264. The highest BCUT2D eigenvalue weighted by atomic mass is 16.5. The molecular formula is C28H44N2O. The first-order valence-corrected chi connectivity index (χ1v) is 12.7. The van der Waals surface area contributed by atoms with E-state index < -0.39 is 0 Å². The zero-order valence-electron chi connectivity index (χ0n) is 20.4. The maximum absolute atomic E-state index is 5.81. The predicted octanol–water partition coefficient (Wildman–Crippen LogP) is 6.82. The zero-order valence-corrected chi connectivity index (χ0v) is 20.4. The van der Waals surface area contributed by atoms with Gasteiger partial charge in [-0.25, -0.2) is 0 Å². The van der Waals surface area contributed by atoms with Gasteiger partial charge >= 0.3 is 0 Å². The highest BCUT2D eigenvalue weighted by molar-refractivity contribution is 5.73. The van der Waals surface area contributed by atoms with Gasteiger partial charge in [-0.15, -0.1) is 0 Å². The van der Waals surface area contributed by atoms with E-state index in [4.69, 9.17) is 4.74 Å². The van der Waals surface area contributed by atoms with Crippen LogP contribution in [0.3, 0.4) is 0 Å². The van der Waals surface area contributed by atoms with Gasteiger partial charge in [-0.05, 0) is 94.3 Å². The summed E-state index contributed by atoms with van der Waals surface area (Å²) in [5.41, 5.74) is 6.83. The molecule has 0 spiro atoms. The summed E-state index contributed by atoms with van der Waals surface area (Å²) in [7, 11) is 1.82. The Kier molecular flexibility index (Phi) is 9.52. The molecular weight excluding hydrogens is 380 g/mol. The average Bonchev–Trinajstić information content (AvgIpc) is 3.61. The van der Waals surface area contributed by atoms with Crippen LogP contribution >= 0.6 is 0 Å². The number of benzene rings is 1. The number of unbranched alkanes of at least 4 members (excludes halogenated alkanes) is 3. The van der Waals surface area contributed by atoms with Gasteiger partial charge in [-0.2, -0.15) is 0 Å². The van der Waals surface area contributed by atoms with E-state index >= 15 is 0 Å². The number of hydrogen-bond donors (Lipinski definition) is 1. The van der Waals surface area contributed by atoms with Gasteiger partial charge in [-0.3, -0.25) is 0 Å². The Bertz CT molecular complexity index is 761. The molecule has 0 bridgehead atoms. The van der Waals surface area contributed by atoms with E-state index in [0.717, 1.165) is 18.7 Å². The van der Waals surface area contributed by atoms with Gasteiger partial charge < -0.3 is 15.0 Å². The van der Waals surface area contributed by atoms with E-state index in [1.807, 2.05) is 7.11 Å². The van der Waals surface area contributed by atoms with Gasteiger partial charge in [0.15, 0.2) is 0 Å². The Labute approximate surface area is 190 Å². The Balaban J connectivity index is 1.67. The lowest BCUT2D eigenvalue weighted by Gasteiger charge is -2.24. The van der Waals surface area contributed by atoms with E-state index in [1.165, 1.54) is 99.0 Å². The Morgan fingerprint density at radius 3 is 2.52 bits per heavy atom. The summed E-state index contributed by atoms with van der Waals surface area (Å²) < 4.78 is 5.81. The Morgan fingerprint density at radius 1 is 1.00 bits per heavy atom. The molecule has 3 nitrogen and oxygen atoms in total. The first-order chi connectivity index (χ1) is 15.2. The average molecular weight is 425 g/mol. The fourth-order valence-corrected chi connectivity index (χ4v) is 4.94. The molecule has 172 valence electrons. The third-order valence-corrected chi connectivity index (χ3v) is 6.67. The van der Waals surface area contributed by atoms with Crippen LogP contribution in [-0.4, -0.2) is 38.2 Å². The monoisotopic (exact) mass is 424 g/mol. The van der Waals surface area contributed by atoms with Crippen LogP contribution in [0.25, 0.3) is 5.70 Å². The Hall–Kier alpha value is -1.74. The van der Waals surface area contributed by atoms with Crippen LogP contribution in [-0.2, 0) is 0 Å². The van der Waals surface area contributed by atoms with Crippen molar-refractivity contribution in [3.8, 4) is 5.75 Å². The number of aryl methyl sites for hydroxylation is 1. The van der Waals surface area contributed by atoms with E-state index in [-0.39, 0.29) is 0 Å². The number of allylic oxidation sites excluding steroid dienone is 2. The topological polar surface area (TPSA) is 24.5 Å². The standard InChI is InChI=1S/C28H44N2O/c1-5-7-8-9-18-30(17-6-2)19-11-13-24-12-10-16-29-28(24)25-20-22(3)27(23-14-15-23)26(21-25)31-4/h10,12,20-21,23,29H,5-9,11,13-19H2,1-4H3. The molecule has 0 unspecified atom stereocenters. The number of ether oxygens (including phenoxy) is 1. The minimum atomic E-state index is 0.707. The van der Waals surface area contributed by atoms with Crippen molar-refractivity contribution in [2.24, 2.45) is 0 Å². The van der Waals surface area contributed by atoms with Crippen LogP contribution in [0.2, 0.25) is 0 Å². The minimum Gasteiger partial charge on any atom is -0.496 e. The van der Waals surface area contributed by atoms with Crippen molar-refractivity contribution in [1.29, 1.82) is 0 Å². The largest absolute Gasteiger partial charge is 0.496 e. The van der Waals surface area contributed by atoms with E-state index in [9.17, 15) is 0 Å². The first-order valence-electron chi connectivity index (χ1n) is 12.7. The number of nitrogens with one attached hydrogen (secondary N) is 1. The third kappa shape index (κ3) is 6.87. The first kappa shape index (κ1) is 23.9. The van der Waals surface area contributed by atoms with Crippen LogP contribution in [0.5, 0.6) is 5.75 Å². The number of hydrogen-bond acceptors (Lipinski definition) is 3. The normalized spacial score (nSPS) is 16.2. The van der Waals surface area contributed by atoms with Gasteiger partial charge in [0.2, 0.25) is 0 Å². The van der Waals surface area contributed by atoms with Crippen molar-refractivity contribution < 1.29 is 4.74 Å². The van der Waals surface area contributed by atoms with Crippen LogP contribution in [0.15, 0.2) is 29.9 Å². The number of methoxy groups -OCH3 is 1. The van der Waals surface area contributed by atoms with Gasteiger partial charge in [0.05, 0.1) is 7.11 Å². The summed E-state index contributed by atoms with van der Waals surface area (Å²) in [5.74, 6) is 1.78. The molecule has 1 aliphatic heterocycles. The van der Waals surface area contributed by atoms with Gasteiger partial charge in [0, 0.05) is 23.4 Å². The number of rotatable bonds is 14. The molecule has 0 amide bonds. The van der Waals surface area contributed by atoms with Crippen molar-refractivity contribution in [3.05, 3.63) is 46.5 Å². The molecule has 31 heavy (non-hydrogen) atoms. The summed E-state index contributed by atoms with van der Waals surface area (Å²) in [6, 6.07) is 4.63.